The van der Waals surface area contributed by atoms with Gasteiger partial charge in [-0.2, -0.15) is 0 Å². The van der Waals surface area contributed by atoms with Crippen LogP contribution in [0.5, 0.6) is 5.75 Å². The summed E-state index contributed by atoms with van der Waals surface area (Å²) in [5.41, 5.74) is 3.63. The highest BCUT2D eigenvalue weighted by Crippen LogP contribution is 2.34. The van der Waals surface area contributed by atoms with Gasteiger partial charge in [0, 0.05) is 36.2 Å². The Hall–Kier alpha value is -2.94. The molecule has 3 atom stereocenters. The first-order chi connectivity index (χ1) is 16.9. The summed E-state index contributed by atoms with van der Waals surface area (Å²) in [6, 6.07) is 14.0. The number of nitrogens with zero attached hydrogens (tertiary/aromatic N) is 2. The van der Waals surface area contributed by atoms with Crippen LogP contribution in [0.3, 0.4) is 0 Å². The Balaban J connectivity index is 0.00000304. The van der Waals surface area contributed by atoms with Crippen LogP contribution in [0.2, 0.25) is 0 Å². The number of halogens is 1. The summed E-state index contributed by atoms with van der Waals surface area (Å²) in [5, 5.41) is 2.34. The number of nitrogens with one attached hydrogen (secondary N) is 1. The van der Waals surface area contributed by atoms with E-state index in [1.165, 1.54) is 5.56 Å². The normalized spacial score (nSPS) is 24.2. The van der Waals surface area contributed by atoms with Gasteiger partial charge in [-0.3, -0.25) is 24.6 Å². The van der Waals surface area contributed by atoms with E-state index in [4.69, 9.17) is 9.47 Å². The van der Waals surface area contributed by atoms with Gasteiger partial charge in [0.2, 0.25) is 11.8 Å². The van der Waals surface area contributed by atoms with Crippen LogP contribution < -0.4 is 10.1 Å². The van der Waals surface area contributed by atoms with Crippen LogP contribution in [0.25, 0.3) is 0 Å². The van der Waals surface area contributed by atoms with Gasteiger partial charge in [-0.05, 0) is 43.5 Å². The number of rotatable bonds is 6. The molecular weight excluding hydrogens is 482 g/mol. The van der Waals surface area contributed by atoms with Gasteiger partial charge in [0.05, 0.1) is 19.8 Å². The third-order valence-electron chi connectivity index (χ3n) is 7.17. The third kappa shape index (κ3) is 5.26. The molecule has 3 amide bonds. The quantitative estimate of drug-likeness (QED) is 0.597. The summed E-state index contributed by atoms with van der Waals surface area (Å²) < 4.78 is 11.8. The number of piperidine rings is 1. The van der Waals surface area contributed by atoms with Gasteiger partial charge in [-0.15, -0.1) is 12.4 Å². The average Bonchev–Trinajstić information content (AvgIpc) is 3.18. The van der Waals surface area contributed by atoms with Gasteiger partial charge in [0.15, 0.2) is 0 Å². The molecule has 0 aliphatic carbocycles. The molecule has 3 aliphatic rings. The number of benzene rings is 2. The van der Waals surface area contributed by atoms with Crippen LogP contribution in [0.4, 0.5) is 0 Å². The SMILES string of the molecule is CC1COC[C@H](C)N1Cc1ccc(COc2cccc3c2CN([C@H]2CCC(=O)NC2=O)C3=O)cc1.Cl. The Kier molecular flexibility index (Phi) is 7.97. The minimum Gasteiger partial charge on any atom is -0.489 e. The van der Waals surface area contributed by atoms with E-state index in [1.54, 1.807) is 17.0 Å². The Morgan fingerprint density at radius 3 is 2.39 bits per heavy atom. The first kappa shape index (κ1) is 26.1. The van der Waals surface area contributed by atoms with E-state index in [2.05, 4.69) is 48.3 Å². The molecule has 3 heterocycles. The molecule has 9 heteroatoms. The number of morpholine rings is 1. The molecule has 0 bridgehead atoms. The predicted octanol–water partition coefficient (Wildman–Crippen LogP) is 3.06. The maximum atomic E-state index is 13.0. The monoisotopic (exact) mass is 513 g/mol. The molecule has 2 aromatic rings. The second kappa shape index (κ2) is 11.0. The smallest absolute Gasteiger partial charge is 0.255 e. The average molecular weight is 514 g/mol. The summed E-state index contributed by atoms with van der Waals surface area (Å²) in [6.07, 6.45) is 0.578. The van der Waals surface area contributed by atoms with Gasteiger partial charge in [0.1, 0.15) is 18.4 Å². The highest BCUT2D eigenvalue weighted by atomic mass is 35.5. The summed E-state index contributed by atoms with van der Waals surface area (Å²) in [6.45, 7) is 7.49. The Morgan fingerprint density at radius 1 is 1.00 bits per heavy atom. The minimum atomic E-state index is -0.634. The number of carbonyl (C=O) groups is 3. The summed E-state index contributed by atoms with van der Waals surface area (Å²) >= 11 is 0. The van der Waals surface area contributed by atoms with Crippen LogP contribution in [0.1, 0.15) is 53.7 Å². The molecule has 5 rings (SSSR count). The molecule has 0 saturated carbocycles. The highest BCUT2D eigenvalue weighted by Gasteiger charge is 2.40. The molecule has 1 unspecified atom stereocenters. The standard InChI is InChI=1S/C27H31N3O5.ClH/c1-17-14-34-15-18(2)29(17)12-19-6-8-20(9-7-19)16-35-24-5-3-4-21-22(24)13-30(27(21)33)23-10-11-25(31)28-26(23)32;/h3-9,17-18,23H,10-16H2,1-2H3,(H,28,31,32);1H/t17-,18?,23-;/m0./s1. The van der Waals surface area contributed by atoms with Crippen molar-refractivity contribution in [1.82, 2.24) is 15.1 Å². The van der Waals surface area contributed by atoms with Crippen LogP contribution in [0.15, 0.2) is 42.5 Å². The largest absolute Gasteiger partial charge is 0.489 e. The zero-order valence-corrected chi connectivity index (χ0v) is 21.4. The molecule has 192 valence electrons. The minimum absolute atomic E-state index is 0. The van der Waals surface area contributed by atoms with Crippen molar-refractivity contribution in [2.24, 2.45) is 0 Å². The summed E-state index contributed by atoms with van der Waals surface area (Å²) in [7, 11) is 0. The number of hydrogen-bond acceptors (Lipinski definition) is 6. The molecule has 1 N–H and O–H groups in total. The lowest BCUT2D eigenvalue weighted by Gasteiger charge is -2.38. The first-order valence-corrected chi connectivity index (χ1v) is 12.2. The third-order valence-corrected chi connectivity index (χ3v) is 7.17. The Morgan fingerprint density at radius 2 is 1.69 bits per heavy atom. The van der Waals surface area contributed by atoms with Gasteiger partial charge in [0.25, 0.3) is 5.91 Å². The number of fused-ring (bicyclic) bond motifs is 1. The van der Waals surface area contributed by atoms with Crippen molar-refractivity contribution in [3.8, 4) is 5.75 Å². The molecular formula is C27H32ClN3O5. The van der Waals surface area contributed by atoms with E-state index in [1.807, 2.05) is 6.07 Å². The van der Waals surface area contributed by atoms with Crippen molar-refractivity contribution >= 4 is 30.1 Å². The summed E-state index contributed by atoms with van der Waals surface area (Å²) in [4.78, 5) is 40.8. The number of carbonyl (C=O) groups excluding carboxylic acids is 3. The van der Waals surface area contributed by atoms with Gasteiger partial charge in [-0.25, -0.2) is 0 Å². The number of amides is 3. The van der Waals surface area contributed by atoms with Gasteiger partial charge >= 0.3 is 0 Å². The molecule has 0 radical (unpaired) electrons. The zero-order valence-electron chi connectivity index (χ0n) is 20.6. The fourth-order valence-electron chi connectivity index (χ4n) is 5.15. The maximum Gasteiger partial charge on any atom is 0.255 e. The van der Waals surface area contributed by atoms with E-state index in [9.17, 15) is 14.4 Å². The molecule has 2 saturated heterocycles. The first-order valence-electron chi connectivity index (χ1n) is 12.2. The van der Waals surface area contributed by atoms with Crippen LogP contribution in [-0.2, 0) is 34.0 Å². The van der Waals surface area contributed by atoms with Crippen LogP contribution in [-0.4, -0.2) is 58.9 Å². The molecule has 3 aliphatic heterocycles. The second-order valence-corrected chi connectivity index (χ2v) is 9.70. The van der Waals surface area contributed by atoms with Crippen LogP contribution in [0, 0.1) is 0 Å². The number of ether oxygens (including phenoxy) is 2. The molecule has 0 aromatic heterocycles. The Labute approximate surface area is 217 Å². The molecule has 0 spiro atoms. The van der Waals surface area contributed by atoms with Gasteiger partial charge in [-0.1, -0.05) is 30.3 Å². The topological polar surface area (TPSA) is 88.2 Å². The molecule has 36 heavy (non-hydrogen) atoms. The summed E-state index contributed by atoms with van der Waals surface area (Å²) in [5.74, 6) is -0.258. The van der Waals surface area contributed by atoms with E-state index in [-0.39, 0.29) is 30.6 Å². The Bertz CT molecular complexity index is 1130. The van der Waals surface area contributed by atoms with Crippen molar-refractivity contribution in [3.63, 3.8) is 0 Å². The predicted molar refractivity (Wildman–Crippen MR) is 136 cm³/mol. The van der Waals surface area contributed by atoms with Gasteiger partial charge < -0.3 is 14.4 Å². The zero-order chi connectivity index (χ0) is 24.5. The number of imide groups is 1. The molecule has 2 fully saturated rings. The maximum absolute atomic E-state index is 13.0. The van der Waals surface area contributed by atoms with Crippen molar-refractivity contribution in [2.45, 2.75) is 64.5 Å². The fourth-order valence-corrected chi connectivity index (χ4v) is 5.15. The van der Waals surface area contributed by atoms with E-state index >= 15 is 0 Å². The van der Waals surface area contributed by atoms with Crippen molar-refractivity contribution in [1.29, 1.82) is 0 Å². The van der Waals surface area contributed by atoms with E-state index in [0.29, 0.717) is 43.0 Å². The second-order valence-electron chi connectivity index (χ2n) is 9.70. The van der Waals surface area contributed by atoms with Crippen molar-refractivity contribution in [3.05, 3.63) is 64.7 Å². The number of hydrogen-bond donors (Lipinski definition) is 1. The van der Waals surface area contributed by atoms with Crippen molar-refractivity contribution < 1.29 is 23.9 Å². The van der Waals surface area contributed by atoms with E-state index < -0.39 is 11.9 Å². The van der Waals surface area contributed by atoms with Crippen LogP contribution >= 0.6 is 12.4 Å². The van der Waals surface area contributed by atoms with E-state index in [0.717, 1.165) is 30.9 Å². The lowest BCUT2D eigenvalue weighted by atomic mass is 10.0. The molecule has 8 nitrogen and oxygen atoms in total. The highest BCUT2D eigenvalue weighted by molar-refractivity contribution is 6.05. The lowest BCUT2D eigenvalue weighted by molar-refractivity contribution is -0.136. The van der Waals surface area contributed by atoms with Crippen molar-refractivity contribution in [2.75, 3.05) is 13.2 Å². The molecule has 2 aromatic carbocycles. The lowest BCUT2D eigenvalue weighted by Crippen LogP contribution is -2.52. The fraction of sp³-hybridized carbons (Fsp3) is 0.444.